The van der Waals surface area contributed by atoms with Gasteiger partial charge >= 0.3 is 0 Å². The lowest BCUT2D eigenvalue weighted by Crippen LogP contribution is -2.24. The summed E-state index contributed by atoms with van der Waals surface area (Å²) in [7, 11) is 1.58. The average molecular weight is 489 g/mol. The van der Waals surface area contributed by atoms with Crippen molar-refractivity contribution in [1.82, 2.24) is 15.0 Å². The molecule has 0 aliphatic rings. The monoisotopic (exact) mass is 488 g/mol. The number of nitrogens with zero attached hydrogens (tertiary/aromatic N) is 3. The van der Waals surface area contributed by atoms with Crippen molar-refractivity contribution in [3.63, 3.8) is 0 Å². The summed E-state index contributed by atoms with van der Waals surface area (Å²) in [4.78, 5) is 30.4. The Hall–Kier alpha value is -4.11. The summed E-state index contributed by atoms with van der Waals surface area (Å²) in [6.45, 7) is 2.43. The SMILES string of the molecule is CCOc1ccccc1C=NNC(=O)CSc1nc2ccccc2c(=O)n1-c1ccc(OC)cc1. The summed E-state index contributed by atoms with van der Waals surface area (Å²) < 4.78 is 12.3. The number of aromatic nitrogens is 2. The summed E-state index contributed by atoms with van der Waals surface area (Å²) in [6.07, 6.45) is 1.54. The lowest BCUT2D eigenvalue weighted by molar-refractivity contribution is -0.118. The molecule has 0 atom stereocenters. The second kappa shape index (κ2) is 11.3. The van der Waals surface area contributed by atoms with Crippen LogP contribution >= 0.6 is 11.8 Å². The van der Waals surface area contributed by atoms with Gasteiger partial charge in [0.1, 0.15) is 11.5 Å². The highest BCUT2D eigenvalue weighted by molar-refractivity contribution is 7.99. The van der Waals surface area contributed by atoms with Crippen LogP contribution in [0.15, 0.2) is 87.8 Å². The fourth-order valence-electron chi connectivity index (χ4n) is 3.38. The molecule has 0 aliphatic heterocycles. The van der Waals surface area contributed by atoms with E-state index in [9.17, 15) is 9.59 Å². The molecule has 35 heavy (non-hydrogen) atoms. The molecule has 0 saturated heterocycles. The Balaban J connectivity index is 1.54. The van der Waals surface area contributed by atoms with Crippen molar-refractivity contribution in [2.45, 2.75) is 12.1 Å². The molecule has 1 heterocycles. The normalized spacial score (nSPS) is 11.0. The Labute approximate surface area is 206 Å². The summed E-state index contributed by atoms with van der Waals surface area (Å²) in [5.74, 6) is 1.05. The summed E-state index contributed by atoms with van der Waals surface area (Å²) in [6, 6.07) is 21.7. The van der Waals surface area contributed by atoms with Gasteiger partial charge in [-0.15, -0.1) is 0 Å². The number of rotatable bonds is 9. The van der Waals surface area contributed by atoms with Crippen LogP contribution in [-0.4, -0.2) is 41.1 Å². The molecular formula is C26H24N4O4S. The van der Waals surface area contributed by atoms with Gasteiger partial charge in [0.05, 0.1) is 42.3 Å². The zero-order valence-corrected chi connectivity index (χ0v) is 20.1. The van der Waals surface area contributed by atoms with E-state index < -0.39 is 0 Å². The zero-order chi connectivity index (χ0) is 24.6. The van der Waals surface area contributed by atoms with Crippen LogP contribution in [0.1, 0.15) is 12.5 Å². The Kier molecular flexibility index (Phi) is 7.79. The predicted octanol–water partition coefficient (Wildman–Crippen LogP) is 4.04. The van der Waals surface area contributed by atoms with Gasteiger partial charge in [0.15, 0.2) is 5.16 Å². The fourth-order valence-corrected chi connectivity index (χ4v) is 4.18. The first kappa shape index (κ1) is 24.0. The van der Waals surface area contributed by atoms with Crippen LogP contribution < -0.4 is 20.5 Å². The number of amides is 1. The zero-order valence-electron chi connectivity index (χ0n) is 19.3. The lowest BCUT2D eigenvalue weighted by atomic mass is 10.2. The van der Waals surface area contributed by atoms with Crippen LogP contribution in [0.5, 0.6) is 11.5 Å². The molecule has 178 valence electrons. The first-order chi connectivity index (χ1) is 17.1. The van der Waals surface area contributed by atoms with Crippen molar-refractivity contribution in [3.8, 4) is 17.2 Å². The molecule has 0 unspecified atom stereocenters. The second-order valence-electron chi connectivity index (χ2n) is 7.30. The highest BCUT2D eigenvalue weighted by Crippen LogP contribution is 2.23. The maximum Gasteiger partial charge on any atom is 0.266 e. The van der Waals surface area contributed by atoms with Crippen molar-refractivity contribution in [1.29, 1.82) is 0 Å². The van der Waals surface area contributed by atoms with E-state index in [1.54, 1.807) is 49.6 Å². The minimum atomic E-state index is -0.330. The number of hydrogen-bond donors (Lipinski definition) is 1. The predicted molar refractivity (Wildman–Crippen MR) is 138 cm³/mol. The second-order valence-corrected chi connectivity index (χ2v) is 8.25. The van der Waals surface area contributed by atoms with Crippen LogP contribution in [0.2, 0.25) is 0 Å². The molecule has 0 radical (unpaired) electrons. The van der Waals surface area contributed by atoms with Crippen LogP contribution in [-0.2, 0) is 4.79 Å². The standard InChI is InChI=1S/C26H24N4O4S/c1-3-34-23-11-7-4-8-18(23)16-27-29-24(31)17-35-26-28-22-10-6-5-9-21(22)25(32)30(26)19-12-14-20(33-2)15-13-19/h4-16H,3,17H2,1-2H3,(H,29,31). The number of benzene rings is 3. The van der Waals surface area contributed by atoms with Crippen molar-refractivity contribution >= 4 is 34.8 Å². The van der Waals surface area contributed by atoms with Crippen LogP contribution in [0, 0.1) is 0 Å². The maximum absolute atomic E-state index is 13.3. The number of thioether (sulfide) groups is 1. The molecule has 4 rings (SSSR count). The third kappa shape index (κ3) is 5.70. The Morgan fingerprint density at radius 2 is 1.83 bits per heavy atom. The van der Waals surface area contributed by atoms with Gasteiger partial charge in [-0.05, 0) is 55.5 Å². The molecule has 0 bridgehead atoms. The van der Waals surface area contributed by atoms with Crippen LogP contribution in [0.4, 0.5) is 0 Å². The number of para-hydroxylation sites is 2. The number of carbonyl (C=O) groups is 1. The lowest BCUT2D eigenvalue weighted by Gasteiger charge is -2.13. The minimum Gasteiger partial charge on any atom is -0.497 e. The van der Waals surface area contributed by atoms with E-state index in [1.807, 2.05) is 37.3 Å². The molecule has 0 aliphatic carbocycles. The summed E-state index contributed by atoms with van der Waals surface area (Å²) in [5, 5.41) is 4.94. The molecule has 3 aromatic carbocycles. The molecule has 1 amide bonds. The topological polar surface area (TPSA) is 94.8 Å². The number of hydrogen-bond acceptors (Lipinski definition) is 7. The number of nitrogens with one attached hydrogen (secondary N) is 1. The van der Waals surface area contributed by atoms with Gasteiger partial charge in [0, 0.05) is 5.56 Å². The van der Waals surface area contributed by atoms with Gasteiger partial charge < -0.3 is 9.47 Å². The highest BCUT2D eigenvalue weighted by atomic mass is 32.2. The van der Waals surface area contributed by atoms with E-state index in [1.165, 1.54) is 10.8 Å². The highest BCUT2D eigenvalue weighted by Gasteiger charge is 2.15. The van der Waals surface area contributed by atoms with E-state index in [0.717, 1.165) is 17.3 Å². The summed E-state index contributed by atoms with van der Waals surface area (Å²) >= 11 is 1.16. The first-order valence-corrected chi connectivity index (χ1v) is 11.9. The van der Waals surface area contributed by atoms with Gasteiger partial charge in [0.25, 0.3) is 11.5 Å². The number of carbonyl (C=O) groups excluding carboxylic acids is 1. The van der Waals surface area contributed by atoms with Crippen LogP contribution in [0.3, 0.4) is 0 Å². The maximum atomic E-state index is 13.3. The quantitative estimate of drug-likeness (QED) is 0.165. The number of methoxy groups -OCH3 is 1. The van der Waals surface area contributed by atoms with Crippen molar-refractivity contribution in [3.05, 3.63) is 88.7 Å². The van der Waals surface area contributed by atoms with Gasteiger partial charge in [-0.2, -0.15) is 5.10 Å². The Morgan fingerprint density at radius 3 is 2.60 bits per heavy atom. The fraction of sp³-hybridized carbons (Fsp3) is 0.154. The van der Waals surface area contributed by atoms with Gasteiger partial charge in [-0.25, -0.2) is 10.4 Å². The molecule has 8 nitrogen and oxygen atoms in total. The van der Waals surface area contributed by atoms with Crippen molar-refractivity contribution < 1.29 is 14.3 Å². The smallest absolute Gasteiger partial charge is 0.266 e. The molecule has 9 heteroatoms. The molecule has 1 N–H and O–H groups in total. The number of fused-ring (bicyclic) bond motifs is 1. The molecular weight excluding hydrogens is 464 g/mol. The average Bonchev–Trinajstić information content (AvgIpc) is 2.89. The third-order valence-electron chi connectivity index (χ3n) is 5.02. The van der Waals surface area contributed by atoms with Gasteiger partial charge in [-0.3, -0.25) is 14.2 Å². The molecule has 0 saturated carbocycles. The summed E-state index contributed by atoms with van der Waals surface area (Å²) in [5.41, 5.74) is 4.25. The third-order valence-corrected chi connectivity index (χ3v) is 5.96. The van der Waals surface area contributed by atoms with Crippen molar-refractivity contribution in [2.75, 3.05) is 19.5 Å². The largest absolute Gasteiger partial charge is 0.497 e. The number of hydrazone groups is 1. The molecule has 0 spiro atoms. The van der Waals surface area contributed by atoms with E-state index in [2.05, 4.69) is 15.5 Å². The molecule has 4 aromatic rings. The van der Waals surface area contributed by atoms with E-state index in [4.69, 9.17) is 9.47 Å². The van der Waals surface area contributed by atoms with Crippen LogP contribution in [0.25, 0.3) is 16.6 Å². The first-order valence-electron chi connectivity index (χ1n) is 10.9. The Morgan fingerprint density at radius 1 is 1.09 bits per heavy atom. The molecule has 0 fully saturated rings. The van der Waals surface area contributed by atoms with Crippen molar-refractivity contribution in [2.24, 2.45) is 5.10 Å². The van der Waals surface area contributed by atoms with Gasteiger partial charge in [-0.1, -0.05) is 36.0 Å². The van der Waals surface area contributed by atoms with E-state index in [-0.39, 0.29) is 17.2 Å². The van der Waals surface area contributed by atoms with E-state index >= 15 is 0 Å². The van der Waals surface area contributed by atoms with E-state index in [0.29, 0.717) is 39.9 Å². The minimum absolute atomic E-state index is 0.0192. The molecule has 1 aromatic heterocycles. The Bertz CT molecular complexity index is 1420. The van der Waals surface area contributed by atoms with Gasteiger partial charge in [0.2, 0.25) is 0 Å². The number of ether oxygens (including phenoxy) is 2.